The van der Waals surface area contributed by atoms with Gasteiger partial charge in [0.15, 0.2) is 6.79 Å². The third-order valence-corrected chi connectivity index (χ3v) is 4.77. The second-order valence-electron chi connectivity index (χ2n) is 6.98. The van der Waals surface area contributed by atoms with Gasteiger partial charge < -0.3 is 14.2 Å². The largest absolute Gasteiger partial charge is 0.467 e. The molecule has 0 bridgehead atoms. The molecule has 0 fully saturated rings. The van der Waals surface area contributed by atoms with E-state index in [1.165, 1.54) is 0 Å². The number of benzene rings is 2. The minimum Gasteiger partial charge on any atom is -0.467 e. The van der Waals surface area contributed by atoms with E-state index in [9.17, 15) is 0 Å². The summed E-state index contributed by atoms with van der Waals surface area (Å²) in [6, 6.07) is 10.4. The molecule has 0 radical (unpaired) electrons. The molecule has 7 nitrogen and oxygen atoms in total. The molecule has 4 rings (SSSR count). The molecule has 0 saturated heterocycles. The lowest BCUT2D eigenvalue weighted by molar-refractivity contribution is 0.0516. The monoisotopic (exact) mass is 392 g/mol. The fraction of sp³-hybridized carbons (Fsp3) is 0.273. The Morgan fingerprint density at radius 3 is 2.62 bits per heavy atom. The predicted molar refractivity (Wildman–Crippen MR) is 112 cm³/mol. The molecule has 0 amide bonds. The molecule has 0 unspecified atom stereocenters. The summed E-state index contributed by atoms with van der Waals surface area (Å²) >= 11 is 0. The van der Waals surface area contributed by atoms with Crippen LogP contribution in [-0.2, 0) is 23.3 Å². The average molecular weight is 392 g/mol. The lowest BCUT2D eigenvalue weighted by atomic mass is 9.98. The van der Waals surface area contributed by atoms with Gasteiger partial charge >= 0.3 is 0 Å². The summed E-state index contributed by atoms with van der Waals surface area (Å²) in [4.78, 5) is 0. The van der Waals surface area contributed by atoms with Crippen LogP contribution < -0.4 is 4.74 Å². The highest BCUT2D eigenvalue weighted by atomic mass is 16.7. The van der Waals surface area contributed by atoms with Crippen molar-refractivity contribution in [3.63, 3.8) is 0 Å². The van der Waals surface area contributed by atoms with Gasteiger partial charge in [-0.25, -0.2) is 4.68 Å². The van der Waals surface area contributed by atoms with Crippen molar-refractivity contribution in [2.45, 2.75) is 13.7 Å². The molecule has 2 aromatic heterocycles. The quantitative estimate of drug-likeness (QED) is 0.445. The molecule has 29 heavy (non-hydrogen) atoms. The number of ether oxygens (including phenoxy) is 3. The van der Waals surface area contributed by atoms with Crippen molar-refractivity contribution < 1.29 is 14.2 Å². The van der Waals surface area contributed by atoms with Gasteiger partial charge in [0.25, 0.3) is 0 Å². The van der Waals surface area contributed by atoms with Gasteiger partial charge in [-0.2, -0.15) is 10.2 Å². The summed E-state index contributed by atoms with van der Waals surface area (Å²) in [6.45, 7) is 2.66. The lowest BCUT2D eigenvalue weighted by Crippen LogP contribution is -2.01. The molecule has 0 aliphatic carbocycles. The summed E-state index contributed by atoms with van der Waals surface area (Å²) in [5.74, 6) is 0.756. The summed E-state index contributed by atoms with van der Waals surface area (Å²) in [6.07, 6.45) is 5.80. The van der Waals surface area contributed by atoms with Gasteiger partial charge in [0.05, 0.1) is 11.7 Å². The van der Waals surface area contributed by atoms with E-state index >= 15 is 0 Å². The summed E-state index contributed by atoms with van der Waals surface area (Å²) < 4.78 is 19.8. The second kappa shape index (κ2) is 8.06. The lowest BCUT2D eigenvalue weighted by Gasteiger charge is -2.13. The Balaban J connectivity index is 1.78. The molecule has 4 aromatic rings. The van der Waals surface area contributed by atoms with Gasteiger partial charge in [-0.05, 0) is 41.8 Å². The van der Waals surface area contributed by atoms with Crippen molar-refractivity contribution in [1.29, 1.82) is 0 Å². The van der Waals surface area contributed by atoms with Crippen molar-refractivity contribution >= 4 is 10.9 Å². The molecule has 0 aliphatic heterocycles. The first kappa shape index (κ1) is 19.2. The van der Waals surface area contributed by atoms with Crippen LogP contribution in [0.15, 0.2) is 48.9 Å². The Kier molecular flexibility index (Phi) is 5.33. The van der Waals surface area contributed by atoms with Crippen LogP contribution in [0, 0.1) is 6.92 Å². The Labute approximate surface area is 169 Å². The minimum absolute atomic E-state index is 0.174. The Hall–Kier alpha value is -3.16. The Morgan fingerprint density at radius 1 is 0.966 bits per heavy atom. The average Bonchev–Trinajstić information content (AvgIpc) is 3.32. The highest BCUT2D eigenvalue weighted by Crippen LogP contribution is 2.36. The third kappa shape index (κ3) is 3.87. The maximum absolute atomic E-state index is 5.92. The smallest absolute Gasteiger partial charge is 0.188 e. The van der Waals surface area contributed by atoms with Crippen molar-refractivity contribution in [2.75, 3.05) is 21.0 Å². The second-order valence-corrected chi connectivity index (χ2v) is 6.98. The number of methoxy groups -OCH3 is 2. The highest BCUT2D eigenvalue weighted by molar-refractivity contribution is 5.88. The van der Waals surface area contributed by atoms with Crippen LogP contribution in [0.2, 0.25) is 0 Å². The summed E-state index contributed by atoms with van der Waals surface area (Å²) in [7, 11) is 5.20. The molecule has 0 atom stereocenters. The van der Waals surface area contributed by atoms with Crippen molar-refractivity contribution in [2.24, 2.45) is 7.05 Å². The normalized spacial score (nSPS) is 11.3. The summed E-state index contributed by atoms with van der Waals surface area (Å²) in [5, 5.41) is 9.96. The molecule has 0 N–H and O–H groups in total. The first-order valence-corrected chi connectivity index (χ1v) is 9.31. The van der Waals surface area contributed by atoms with Crippen LogP contribution in [0.1, 0.15) is 5.56 Å². The zero-order valence-electron chi connectivity index (χ0n) is 17.0. The molecule has 150 valence electrons. The van der Waals surface area contributed by atoms with Crippen molar-refractivity contribution in [1.82, 2.24) is 19.6 Å². The molecule has 0 spiro atoms. The first-order chi connectivity index (χ1) is 14.1. The zero-order chi connectivity index (χ0) is 20.4. The molecule has 0 aliphatic rings. The molecule has 0 saturated carbocycles. The van der Waals surface area contributed by atoms with Gasteiger partial charge in [0.2, 0.25) is 0 Å². The SMILES string of the molecule is COCOc1cc(-c2cnn(COC)c2)ccc1-c1cc(C)c2nn(C)cc2c1. The number of nitrogens with zero attached hydrogens (tertiary/aromatic N) is 4. The maximum Gasteiger partial charge on any atom is 0.188 e. The van der Waals surface area contributed by atoms with Crippen LogP contribution in [0.4, 0.5) is 0 Å². The topological polar surface area (TPSA) is 63.3 Å². The fourth-order valence-corrected chi connectivity index (χ4v) is 3.48. The van der Waals surface area contributed by atoms with Crippen LogP contribution >= 0.6 is 0 Å². The van der Waals surface area contributed by atoms with E-state index in [1.54, 1.807) is 18.9 Å². The van der Waals surface area contributed by atoms with Crippen LogP contribution in [-0.4, -0.2) is 40.6 Å². The van der Waals surface area contributed by atoms with E-state index in [1.807, 2.05) is 36.4 Å². The van der Waals surface area contributed by atoms with Gasteiger partial charge in [0, 0.05) is 50.2 Å². The molecule has 2 heterocycles. The van der Waals surface area contributed by atoms with Crippen molar-refractivity contribution in [3.05, 3.63) is 54.5 Å². The third-order valence-electron chi connectivity index (χ3n) is 4.77. The van der Waals surface area contributed by atoms with E-state index in [0.29, 0.717) is 6.73 Å². The van der Waals surface area contributed by atoms with E-state index < -0.39 is 0 Å². The van der Waals surface area contributed by atoms with Gasteiger partial charge in [0.1, 0.15) is 12.5 Å². The summed E-state index contributed by atoms with van der Waals surface area (Å²) in [5.41, 5.74) is 6.23. The van der Waals surface area contributed by atoms with Crippen molar-refractivity contribution in [3.8, 4) is 28.0 Å². The van der Waals surface area contributed by atoms with Gasteiger partial charge in [-0.1, -0.05) is 12.1 Å². The fourth-order valence-electron chi connectivity index (χ4n) is 3.48. The minimum atomic E-state index is 0.174. The van der Waals surface area contributed by atoms with E-state index in [4.69, 9.17) is 14.2 Å². The molecular weight excluding hydrogens is 368 g/mol. The van der Waals surface area contributed by atoms with E-state index in [2.05, 4.69) is 41.4 Å². The number of aromatic nitrogens is 4. The standard InChI is InChI=1S/C22H24N4O3/c1-15-7-17(8-18-11-25(2)24-22(15)18)20-6-5-16(9-21(20)29-14-28-4)19-10-23-26(12-19)13-27-3/h5-12H,13-14H2,1-4H3. The zero-order valence-corrected chi connectivity index (χ0v) is 17.0. The van der Waals surface area contributed by atoms with Crippen LogP contribution in [0.5, 0.6) is 5.75 Å². The number of fused-ring (bicyclic) bond motifs is 1. The number of rotatable bonds is 7. The number of hydrogen-bond acceptors (Lipinski definition) is 5. The maximum atomic E-state index is 5.92. The van der Waals surface area contributed by atoms with Gasteiger partial charge in [-0.3, -0.25) is 4.68 Å². The predicted octanol–water partition coefficient (Wildman–Crippen LogP) is 4.00. The van der Waals surface area contributed by atoms with Crippen LogP contribution in [0.25, 0.3) is 33.2 Å². The van der Waals surface area contributed by atoms with Gasteiger partial charge in [-0.15, -0.1) is 0 Å². The Bertz CT molecular complexity index is 1150. The number of aryl methyl sites for hydroxylation is 2. The number of hydrogen-bond donors (Lipinski definition) is 0. The molecule has 7 heteroatoms. The highest BCUT2D eigenvalue weighted by Gasteiger charge is 2.13. The Morgan fingerprint density at radius 2 is 1.83 bits per heavy atom. The van der Waals surface area contributed by atoms with E-state index in [-0.39, 0.29) is 6.79 Å². The molecule has 2 aromatic carbocycles. The molecular formula is C22H24N4O3. The van der Waals surface area contributed by atoms with E-state index in [0.717, 1.165) is 44.5 Å². The van der Waals surface area contributed by atoms with Crippen LogP contribution in [0.3, 0.4) is 0 Å². The first-order valence-electron chi connectivity index (χ1n) is 9.31.